The number of aldehydes is 1. The highest BCUT2D eigenvalue weighted by atomic mass is 32.2. The standard InChI is InChI=1S/C10H15N3O4S/c1-8(7-14)13-5-3-4-9(6-13)10(15)11-12-18(2,16)17/h3,5-8,12H,4H2,1-2H3,(H,11,15). The van der Waals surface area contributed by atoms with E-state index in [9.17, 15) is 18.0 Å². The Balaban J connectivity index is 2.69. The Morgan fingerprint density at radius 3 is 2.78 bits per heavy atom. The zero-order valence-corrected chi connectivity index (χ0v) is 10.9. The first-order valence-electron chi connectivity index (χ1n) is 5.20. The summed E-state index contributed by atoms with van der Waals surface area (Å²) < 4.78 is 21.6. The molecule has 1 unspecified atom stereocenters. The van der Waals surface area contributed by atoms with E-state index >= 15 is 0 Å². The lowest BCUT2D eigenvalue weighted by Crippen LogP contribution is -2.42. The van der Waals surface area contributed by atoms with Gasteiger partial charge in [0.25, 0.3) is 5.91 Å². The largest absolute Gasteiger partial charge is 0.344 e. The number of nitrogens with one attached hydrogen (secondary N) is 2. The zero-order chi connectivity index (χ0) is 13.8. The topological polar surface area (TPSA) is 95.6 Å². The SMILES string of the molecule is CC(C=O)N1C=CCC(C(=O)NNS(C)(=O)=O)=C1. The molecule has 100 valence electrons. The van der Waals surface area contributed by atoms with Crippen LogP contribution in [-0.2, 0) is 19.6 Å². The van der Waals surface area contributed by atoms with Crippen LogP contribution < -0.4 is 10.3 Å². The molecule has 1 aliphatic rings. The van der Waals surface area contributed by atoms with E-state index < -0.39 is 15.9 Å². The van der Waals surface area contributed by atoms with Gasteiger partial charge in [-0.05, 0) is 13.3 Å². The number of amides is 1. The summed E-state index contributed by atoms with van der Waals surface area (Å²) in [5.74, 6) is -0.548. The molecule has 0 saturated heterocycles. The summed E-state index contributed by atoms with van der Waals surface area (Å²) in [7, 11) is -3.49. The summed E-state index contributed by atoms with van der Waals surface area (Å²) in [5, 5.41) is 0. The molecule has 2 N–H and O–H groups in total. The third kappa shape index (κ3) is 4.30. The quantitative estimate of drug-likeness (QED) is 0.508. The fourth-order valence-electron chi connectivity index (χ4n) is 1.27. The van der Waals surface area contributed by atoms with Crippen LogP contribution in [0.1, 0.15) is 13.3 Å². The second-order valence-electron chi connectivity index (χ2n) is 3.90. The Morgan fingerprint density at radius 1 is 1.56 bits per heavy atom. The first kappa shape index (κ1) is 14.4. The highest BCUT2D eigenvalue weighted by Gasteiger charge is 2.16. The predicted octanol–water partition coefficient (Wildman–Crippen LogP) is -0.742. The number of carbonyl (C=O) groups excluding carboxylic acids is 2. The monoisotopic (exact) mass is 273 g/mol. The number of carbonyl (C=O) groups is 2. The molecule has 1 rings (SSSR count). The van der Waals surface area contributed by atoms with E-state index in [1.807, 2.05) is 4.83 Å². The number of nitrogens with zero attached hydrogens (tertiary/aromatic N) is 1. The van der Waals surface area contributed by atoms with Crippen molar-refractivity contribution < 1.29 is 18.0 Å². The molecule has 0 fully saturated rings. The molecule has 0 saturated carbocycles. The van der Waals surface area contributed by atoms with E-state index in [0.717, 1.165) is 12.5 Å². The average Bonchev–Trinajstić information content (AvgIpc) is 2.34. The van der Waals surface area contributed by atoms with Crippen LogP contribution in [0.3, 0.4) is 0 Å². The Bertz CT molecular complexity index is 495. The molecule has 0 aromatic rings. The first-order valence-corrected chi connectivity index (χ1v) is 7.10. The summed E-state index contributed by atoms with van der Waals surface area (Å²) >= 11 is 0. The van der Waals surface area contributed by atoms with Gasteiger partial charge in [0.05, 0.1) is 12.3 Å². The molecule has 1 aliphatic heterocycles. The normalized spacial score (nSPS) is 17.0. The summed E-state index contributed by atoms with van der Waals surface area (Å²) in [6.45, 7) is 1.68. The third-order valence-electron chi connectivity index (χ3n) is 2.23. The van der Waals surface area contributed by atoms with E-state index in [-0.39, 0.29) is 6.04 Å². The van der Waals surface area contributed by atoms with Gasteiger partial charge in [0.1, 0.15) is 6.29 Å². The van der Waals surface area contributed by atoms with Crippen molar-refractivity contribution in [2.45, 2.75) is 19.4 Å². The van der Waals surface area contributed by atoms with Gasteiger partial charge in [-0.2, -0.15) is 0 Å². The van der Waals surface area contributed by atoms with Crippen molar-refractivity contribution in [2.24, 2.45) is 0 Å². The van der Waals surface area contributed by atoms with Gasteiger partial charge >= 0.3 is 0 Å². The minimum absolute atomic E-state index is 0.363. The highest BCUT2D eigenvalue weighted by Crippen LogP contribution is 2.13. The van der Waals surface area contributed by atoms with Gasteiger partial charge in [0.2, 0.25) is 10.0 Å². The van der Waals surface area contributed by atoms with Gasteiger partial charge in [-0.15, -0.1) is 4.83 Å². The van der Waals surface area contributed by atoms with E-state index in [2.05, 4.69) is 5.43 Å². The Labute approximate surface area is 106 Å². The van der Waals surface area contributed by atoms with Gasteiger partial charge in [0.15, 0.2) is 0 Å². The summed E-state index contributed by atoms with van der Waals surface area (Å²) in [6, 6.07) is -0.382. The molecule has 0 radical (unpaired) electrons. The number of sulfonamides is 1. The van der Waals surface area contributed by atoms with Crippen molar-refractivity contribution in [1.82, 2.24) is 15.2 Å². The number of rotatable bonds is 5. The maximum absolute atomic E-state index is 11.6. The number of allylic oxidation sites excluding steroid dienone is 1. The Kier molecular flexibility index (Phi) is 4.62. The second kappa shape index (κ2) is 5.78. The first-order chi connectivity index (χ1) is 8.33. The molecule has 0 aliphatic carbocycles. The lowest BCUT2D eigenvalue weighted by atomic mass is 10.1. The Hall–Kier alpha value is -1.67. The van der Waals surface area contributed by atoms with Crippen molar-refractivity contribution in [3.63, 3.8) is 0 Å². The van der Waals surface area contributed by atoms with Crippen LogP contribution in [0.25, 0.3) is 0 Å². The average molecular weight is 273 g/mol. The minimum Gasteiger partial charge on any atom is -0.344 e. The highest BCUT2D eigenvalue weighted by molar-refractivity contribution is 7.88. The van der Waals surface area contributed by atoms with Crippen LogP contribution in [0.4, 0.5) is 0 Å². The molecule has 1 atom stereocenters. The van der Waals surface area contributed by atoms with Crippen molar-refractivity contribution in [3.05, 3.63) is 24.0 Å². The van der Waals surface area contributed by atoms with Crippen molar-refractivity contribution in [2.75, 3.05) is 6.26 Å². The van der Waals surface area contributed by atoms with Gasteiger partial charge in [-0.25, -0.2) is 8.42 Å². The van der Waals surface area contributed by atoms with Crippen molar-refractivity contribution >= 4 is 22.2 Å². The molecule has 8 heteroatoms. The molecule has 18 heavy (non-hydrogen) atoms. The zero-order valence-electron chi connectivity index (χ0n) is 10.1. The van der Waals surface area contributed by atoms with E-state index in [1.54, 1.807) is 24.1 Å². The molecular formula is C10H15N3O4S. The van der Waals surface area contributed by atoms with Crippen LogP contribution in [0.5, 0.6) is 0 Å². The van der Waals surface area contributed by atoms with Crippen LogP contribution in [0.15, 0.2) is 24.0 Å². The van der Waals surface area contributed by atoms with Crippen LogP contribution in [0.2, 0.25) is 0 Å². The van der Waals surface area contributed by atoms with Crippen LogP contribution in [0, 0.1) is 0 Å². The maximum Gasteiger partial charge on any atom is 0.263 e. The second-order valence-corrected chi connectivity index (χ2v) is 5.64. The van der Waals surface area contributed by atoms with Gasteiger partial charge in [0, 0.05) is 18.0 Å². The lowest BCUT2D eigenvalue weighted by molar-refractivity contribution is -0.118. The summed E-state index contributed by atoms with van der Waals surface area (Å²) in [5.41, 5.74) is 2.44. The molecular weight excluding hydrogens is 258 g/mol. The molecule has 1 heterocycles. The summed E-state index contributed by atoms with van der Waals surface area (Å²) in [6.07, 6.45) is 6.98. The number of hydrogen-bond acceptors (Lipinski definition) is 5. The van der Waals surface area contributed by atoms with E-state index in [4.69, 9.17) is 0 Å². The third-order valence-corrected chi connectivity index (χ3v) is 2.70. The maximum atomic E-state index is 11.6. The molecule has 0 bridgehead atoms. The van der Waals surface area contributed by atoms with Crippen molar-refractivity contribution in [1.29, 1.82) is 0 Å². The summed E-state index contributed by atoms with van der Waals surface area (Å²) in [4.78, 5) is 25.8. The number of hydrogen-bond donors (Lipinski definition) is 2. The van der Waals surface area contributed by atoms with Crippen molar-refractivity contribution in [3.8, 4) is 0 Å². The van der Waals surface area contributed by atoms with Gasteiger partial charge < -0.3 is 9.69 Å². The Morgan fingerprint density at radius 2 is 2.22 bits per heavy atom. The molecule has 0 aromatic heterocycles. The minimum atomic E-state index is -3.49. The smallest absolute Gasteiger partial charge is 0.263 e. The predicted molar refractivity (Wildman–Crippen MR) is 65.3 cm³/mol. The fraction of sp³-hybridized carbons (Fsp3) is 0.400. The molecule has 0 spiro atoms. The van der Waals surface area contributed by atoms with E-state index in [1.165, 1.54) is 6.20 Å². The lowest BCUT2D eigenvalue weighted by Gasteiger charge is -2.23. The molecule has 0 aromatic carbocycles. The number of hydrazine groups is 1. The van der Waals surface area contributed by atoms with Crippen LogP contribution in [-0.4, -0.2) is 37.8 Å². The van der Waals surface area contributed by atoms with Gasteiger partial charge in [-0.1, -0.05) is 6.08 Å². The molecule has 1 amide bonds. The van der Waals surface area contributed by atoms with Gasteiger partial charge in [-0.3, -0.25) is 10.2 Å². The van der Waals surface area contributed by atoms with E-state index in [0.29, 0.717) is 12.0 Å². The van der Waals surface area contributed by atoms with Crippen LogP contribution >= 0.6 is 0 Å². The molecule has 7 nitrogen and oxygen atoms in total. The fourth-order valence-corrected chi connectivity index (χ4v) is 1.55.